The zero-order chi connectivity index (χ0) is 16.9. The van der Waals surface area contributed by atoms with Gasteiger partial charge in [-0.05, 0) is 46.5 Å². The average molecular weight is 356 g/mol. The zero-order valence-electron chi connectivity index (χ0n) is 14.3. The lowest BCUT2D eigenvalue weighted by atomic mass is 9.95. The van der Waals surface area contributed by atoms with E-state index in [1.165, 1.54) is 22.3 Å². The molecule has 0 radical (unpaired) electrons. The van der Waals surface area contributed by atoms with Crippen LogP contribution < -0.4 is 4.74 Å². The predicted molar refractivity (Wildman–Crippen MR) is 114 cm³/mol. The zero-order valence-corrected chi connectivity index (χ0v) is 15.3. The Kier molecular flexibility index (Phi) is 5.77. The van der Waals surface area contributed by atoms with Crippen molar-refractivity contribution in [1.29, 1.82) is 0 Å². The molecule has 0 bridgehead atoms. The third kappa shape index (κ3) is 3.98. The highest BCUT2D eigenvalue weighted by Crippen LogP contribution is 2.33. The molecule has 128 valence electrons. The maximum atomic E-state index is 5.88. The first kappa shape index (κ1) is 17.8. The first-order valence-electron chi connectivity index (χ1n) is 8.38. The number of para-hydroxylation sites is 1. The third-order valence-electron chi connectivity index (χ3n) is 4.16. The van der Waals surface area contributed by atoms with Gasteiger partial charge < -0.3 is 4.74 Å². The Morgan fingerprint density at radius 2 is 0.808 bits per heavy atom. The minimum atomic E-state index is 0. The van der Waals surface area contributed by atoms with E-state index in [2.05, 4.69) is 60.7 Å². The Hall–Kier alpha value is -2.97. The van der Waals surface area contributed by atoms with E-state index in [0.29, 0.717) is 0 Å². The molecule has 0 amide bonds. The molecular weight excluding hydrogens is 336 g/mol. The van der Waals surface area contributed by atoms with Crippen molar-refractivity contribution in [3.05, 3.63) is 109 Å². The molecule has 0 atom stereocenters. The summed E-state index contributed by atoms with van der Waals surface area (Å²) in [7, 11) is 0. The van der Waals surface area contributed by atoms with E-state index in [4.69, 9.17) is 4.74 Å². The molecule has 0 spiro atoms. The summed E-state index contributed by atoms with van der Waals surface area (Å²) in [6.45, 7) is 0. The molecule has 2 heteroatoms. The minimum Gasteiger partial charge on any atom is -0.457 e. The summed E-state index contributed by atoms with van der Waals surface area (Å²) in [5.74, 6) is 1.69. The molecule has 0 aliphatic rings. The molecule has 26 heavy (non-hydrogen) atoms. The number of ether oxygens (including phenoxy) is 1. The Morgan fingerprint density at radius 1 is 0.385 bits per heavy atom. The van der Waals surface area contributed by atoms with Crippen LogP contribution in [0.3, 0.4) is 0 Å². The van der Waals surface area contributed by atoms with Gasteiger partial charge >= 0.3 is 0 Å². The summed E-state index contributed by atoms with van der Waals surface area (Å²) in [5.41, 5.74) is 4.86. The van der Waals surface area contributed by atoms with Gasteiger partial charge in [-0.1, -0.05) is 84.9 Å². The topological polar surface area (TPSA) is 9.23 Å². The number of benzene rings is 4. The second-order valence-electron chi connectivity index (χ2n) is 5.85. The molecule has 0 N–H and O–H groups in total. The smallest absolute Gasteiger partial charge is 0.127 e. The first-order valence-corrected chi connectivity index (χ1v) is 8.38. The average Bonchev–Trinajstić information content (AvgIpc) is 2.70. The van der Waals surface area contributed by atoms with Crippen molar-refractivity contribution in [2.24, 2.45) is 0 Å². The highest BCUT2D eigenvalue weighted by atomic mass is 32.1. The standard InChI is InChI=1S/C24H18O.H2S/c1-3-9-19(10-4-1)23-13-7-8-14-24(23)20-15-17-22(18-16-20)25-21-11-5-2-6-12-21;/h1-18H;1H2. The highest BCUT2D eigenvalue weighted by Gasteiger charge is 2.07. The molecule has 4 rings (SSSR count). The van der Waals surface area contributed by atoms with Crippen LogP contribution in [0.1, 0.15) is 0 Å². The van der Waals surface area contributed by atoms with Crippen LogP contribution in [0, 0.1) is 0 Å². The lowest BCUT2D eigenvalue weighted by Gasteiger charge is -2.11. The number of hydrogen-bond acceptors (Lipinski definition) is 1. The minimum absolute atomic E-state index is 0. The Balaban J connectivity index is 0.00000196. The SMILES string of the molecule is S.c1ccc(Oc2ccc(-c3ccccc3-c3ccccc3)cc2)cc1. The Morgan fingerprint density at radius 3 is 1.38 bits per heavy atom. The van der Waals surface area contributed by atoms with E-state index in [1.54, 1.807) is 0 Å². The van der Waals surface area contributed by atoms with E-state index in [9.17, 15) is 0 Å². The van der Waals surface area contributed by atoms with E-state index in [1.807, 2.05) is 48.5 Å². The van der Waals surface area contributed by atoms with Gasteiger partial charge in [0.05, 0.1) is 0 Å². The van der Waals surface area contributed by atoms with Crippen LogP contribution in [0.25, 0.3) is 22.3 Å². The molecule has 0 fully saturated rings. The van der Waals surface area contributed by atoms with Crippen LogP contribution in [-0.4, -0.2) is 0 Å². The molecule has 0 saturated carbocycles. The van der Waals surface area contributed by atoms with Gasteiger partial charge in [-0.3, -0.25) is 0 Å². The van der Waals surface area contributed by atoms with E-state index in [-0.39, 0.29) is 13.5 Å². The number of rotatable bonds is 4. The van der Waals surface area contributed by atoms with Crippen molar-refractivity contribution in [3.8, 4) is 33.8 Å². The van der Waals surface area contributed by atoms with Gasteiger partial charge in [-0.2, -0.15) is 13.5 Å². The van der Waals surface area contributed by atoms with Crippen LogP contribution in [0.4, 0.5) is 0 Å². The lowest BCUT2D eigenvalue weighted by Crippen LogP contribution is -1.86. The quantitative estimate of drug-likeness (QED) is 0.385. The van der Waals surface area contributed by atoms with Gasteiger partial charge in [-0.15, -0.1) is 0 Å². The summed E-state index contributed by atoms with van der Waals surface area (Å²) < 4.78 is 5.88. The van der Waals surface area contributed by atoms with Crippen LogP contribution >= 0.6 is 13.5 Å². The van der Waals surface area contributed by atoms with Gasteiger partial charge in [0.1, 0.15) is 11.5 Å². The van der Waals surface area contributed by atoms with Crippen LogP contribution in [-0.2, 0) is 0 Å². The molecule has 0 unspecified atom stereocenters. The summed E-state index contributed by atoms with van der Waals surface area (Å²) >= 11 is 0. The Labute approximate surface area is 161 Å². The van der Waals surface area contributed by atoms with Crippen molar-refractivity contribution in [1.82, 2.24) is 0 Å². The molecular formula is C24H20OS. The monoisotopic (exact) mass is 356 g/mol. The maximum absolute atomic E-state index is 5.88. The Bertz CT molecular complexity index is 948. The maximum Gasteiger partial charge on any atom is 0.127 e. The van der Waals surface area contributed by atoms with Crippen LogP contribution in [0.5, 0.6) is 11.5 Å². The molecule has 4 aromatic carbocycles. The van der Waals surface area contributed by atoms with Gasteiger partial charge in [0.25, 0.3) is 0 Å². The molecule has 0 aliphatic heterocycles. The van der Waals surface area contributed by atoms with Crippen LogP contribution in [0.15, 0.2) is 109 Å². The summed E-state index contributed by atoms with van der Waals surface area (Å²) in [6.07, 6.45) is 0. The normalized spacial score (nSPS) is 10.0. The largest absolute Gasteiger partial charge is 0.457 e. The van der Waals surface area contributed by atoms with Gasteiger partial charge in [0.2, 0.25) is 0 Å². The third-order valence-corrected chi connectivity index (χ3v) is 4.16. The second kappa shape index (κ2) is 8.41. The fourth-order valence-electron chi connectivity index (χ4n) is 2.93. The molecule has 0 heterocycles. The second-order valence-corrected chi connectivity index (χ2v) is 5.85. The van der Waals surface area contributed by atoms with E-state index < -0.39 is 0 Å². The summed E-state index contributed by atoms with van der Waals surface area (Å²) in [4.78, 5) is 0. The molecule has 0 saturated heterocycles. The fourth-order valence-corrected chi connectivity index (χ4v) is 2.93. The van der Waals surface area contributed by atoms with Crippen molar-refractivity contribution < 1.29 is 4.74 Å². The van der Waals surface area contributed by atoms with Crippen molar-refractivity contribution in [3.63, 3.8) is 0 Å². The van der Waals surface area contributed by atoms with Crippen molar-refractivity contribution in [2.75, 3.05) is 0 Å². The summed E-state index contributed by atoms with van der Waals surface area (Å²) in [6, 6.07) is 37.1. The van der Waals surface area contributed by atoms with Gasteiger partial charge in [0, 0.05) is 0 Å². The van der Waals surface area contributed by atoms with E-state index in [0.717, 1.165) is 11.5 Å². The highest BCUT2D eigenvalue weighted by molar-refractivity contribution is 7.59. The van der Waals surface area contributed by atoms with Crippen molar-refractivity contribution >= 4 is 13.5 Å². The first-order chi connectivity index (χ1) is 12.4. The van der Waals surface area contributed by atoms with E-state index >= 15 is 0 Å². The summed E-state index contributed by atoms with van der Waals surface area (Å²) in [5, 5.41) is 0. The van der Waals surface area contributed by atoms with Gasteiger partial charge in [-0.25, -0.2) is 0 Å². The molecule has 0 aliphatic carbocycles. The van der Waals surface area contributed by atoms with Crippen molar-refractivity contribution in [2.45, 2.75) is 0 Å². The predicted octanol–water partition coefficient (Wildman–Crippen LogP) is 6.93. The fraction of sp³-hybridized carbons (Fsp3) is 0. The lowest BCUT2D eigenvalue weighted by molar-refractivity contribution is 0.483. The molecule has 0 aromatic heterocycles. The van der Waals surface area contributed by atoms with Crippen LogP contribution in [0.2, 0.25) is 0 Å². The molecule has 1 nitrogen and oxygen atoms in total. The molecule has 4 aromatic rings. The number of hydrogen-bond donors (Lipinski definition) is 0. The van der Waals surface area contributed by atoms with Gasteiger partial charge in [0.15, 0.2) is 0 Å².